The van der Waals surface area contributed by atoms with E-state index in [1.807, 2.05) is 41.9 Å². The number of fused-ring (bicyclic) bond motifs is 1. The summed E-state index contributed by atoms with van der Waals surface area (Å²) in [4.78, 5) is 16.4. The monoisotopic (exact) mass is 319 g/mol. The van der Waals surface area contributed by atoms with Gasteiger partial charge in [-0.25, -0.2) is 4.98 Å². The summed E-state index contributed by atoms with van der Waals surface area (Å²) >= 11 is 1.40. The van der Waals surface area contributed by atoms with Crippen LogP contribution in [-0.2, 0) is 0 Å². The van der Waals surface area contributed by atoms with E-state index in [1.165, 1.54) is 16.7 Å². The summed E-state index contributed by atoms with van der Waals surface area (Å²) in [6.07, 6.45) is 3.69. The Morgan fingerprint density at radius 2 is 2.00 bits per heavy atom. The third kappa shape index (κ3) is 2.62. The van der Waals surface area contributed by atoms with Crippen LogP contribution in [0, 0.1) is 0 Å². The second-order valence-corrected chi connectivity index (χ2v) is 5.98. The van der Waals surface area contributed by atoms with E-state index in [0.29, 0.717) is 10.7 Å². The van der Waals surface area contributed by atoms with E-state index < -0.39 is 0 Å². The summed E-state index contributed by atoms with van der Waals surface area (Å²) < 4.78 is 2.08. The Morgan fingerprint density at radius 3 is 2.87 bits per heavy atom. The molecular formula is C18H13N3OS. The summed E-state index contributed by atoms with van der Waals surface area (Å²) in [6.45, 7) is 0. The van der Waals surface area contributed by atoms with Crippen molar-refractivity contribution >= 4 is 33.3 Å². The summed E-state index contributed by atoms with van der Waals surface area (Å²) in [5, 5.41) is 6.41. The maximum absolute atomic E-state index is 12.3. The average Bonchev–Trinajstić information content (AvgIpc) is 3.24. The first-order valence-corrected chi connectivity index (χ1v) is 8.06. The van der Waals surface area contributed by atoms with Gasteiger partial charge < -0.3 is 4.57 Å². The lowest BCUT2D eigenvalue weighted by molar-refractivity contribution is 0.102. The highest BCUT2D eigenvalue weighted by molar-refractivity contribution is 7.13. The van der Waals surface area contributed by atoms with Crippen molar-refractivity contribution < 1.29 is 4.79 Å². The first-order valence-electron chi connectivity index (χ1n) is 7.19. The van der Waals surface area contributed by atoms with Crippen LogP contribution in [0.25, 0.3) is 16.6 Å². The smallest absolute Gasteiger partial charge is 0.257 e. The summed E-state index contributed by atoms with van der Waals surface area (Å²) in [7, 11) is 0. The summed E-state index contributed by atoms with van der Waals surface area (Å²) in [6, 6.07) is 17.8. The van der Waals surface area contributed by atoms with Gasteiger partial charge in [0.2, 0.25) is 0 Å². The normalized spacial score (nSPS) is 10.8. The van der Waals surface area contributed by atoms with Crippen LogP contribution in [0.5, 0.6) is 0 Å². The van der Waals surface area contributed by atoms with Gasteiger partial charge in [-0.2, -0.15) is 0 Å². The second-order valence-electron chi connectivity index (χ2n) is 5.09. The predicted molar refractivity (Wildman–Crippen MR) is 93.3 cm³/mol. The van der Waals surface area contributed by atoms with Gasteiger partial charge in [-0.15, -0.1) is 11.3 Å². The number of benzene rings is 2. The molecule has 4 rings (SSSR count). The molecule has 1 amide bonds. The molecule has 0 unspecified atom stereocenters. The second kappa shape index (κ2) is 5.70. The Labute approximate surface area is 137 Å². The molecule has 112 valence electrons. The van der Waals surface area contributed by atoms with Crippen LogP contribution in [0.3, 0.4) is 0 Å². The highest BCUT2D eigenvalue weighted by Crippen LogP contribution is 2.21. The number of thiazole rings is 1. The molecule has 0 bridgehead atoms. The van der Waals surface area contributed by atoms with Crippen LogP contribution < -0.4 is 5.32 Å². The molecule has 2 aromatic carbocycles. The van der Waals surface area contributed by atoms with E-state index in [-0.39, 0.29) is 5.91 Å². The quantitative estimate of drug-likeness (QED) is 0.610. The number of hydrogen-bond acceptors (Lipinski definition) is 3. The van der Waals surface area contributed by atoms with Gasteiger partial charge in [-0.05, 0) is 35.7 Å². The van der Waals surface area contributed by atoms with Crippen LogP contribution in [0.1, 0.15) is 10.4 Å². The fraction of sp³-hybridized carbons (Fsp3) is 0. The number of anilines is 1. The first kappa shape index (κ1) is 13.7. The number of para-hydroxylation sites is 1. The van der Waals surface area contributed by atoms with Crippen LogP contribution in [-0.4, -0.2) is 15.5 Å². The predicted octanol–water partition coefficient (Wildman–Crippen LogP) is 4.34. The lowest BCUT2D eigenvalue weighted by Gasteiger charge is -2.08. The average molecular weight is 319 g/mol. The number of carbonyl (C=O) groups is 1. The molecule has 0 aliphatic heterocycles. The molecule has 4 nitrogen and oxygen atoms in total. The largest absolute Gasteiger partial charge is 0.317 e. The van der Waals surface area contributed by atoms with E-state index in [0.717, 1.165) is 11.2 Å². The maximum atomic E-state index is 12.3. The van der Waals surface area contributed by atoms with Gasteiger partial charge in [0, 0.05) is 29.0 Å². The van der Waals surface area contributed by atoms with E-state index in [1.54, 1.807) is 12.3 Å². The number of aromatic nitrogens is 2. The minimum Gasteiger partial charge on any atom is -0.317 e. The van der Waals surface area contributed by atoms with E-state index in [2.05, 4.69) is 33.1 Å². The molecule has 23 heavy (non-hydrogen) atoms. The third-order valence-corrected chi connectivity index (χ3v) is 4.33. The minimum absolute atomic E-state index is 0.154. The zero-order chi connectivity index (χ0) is 15.6. The standard InChI is InChI=1S/C18H13N3OS/c22-17(20-18-19-9-11-23-18)14-5-3-6-15(12-14)21-10-8-13-4-1-2-7-16(13)21/h1-12H,(H,19,20,22). The number of hydrogen-bond donors (Lipinski definition) is 1. The van der Waals surface area contributed by atoms with Crippen molar-refractivity contribution in [2.24, 2.45) is 0 Å². The molecule has 4 aromatic rings. The van der Waals surface area contributed by atoms with Crippen molar-refractivity contribution in [1.29, 1.82) is 0 Å². The molecule has 0 saturated heterocycles. The maximum Gasteiger partial charge on any atom is 0.257 e. The number of nitrogens with one attached hydrogen (secondary N) is 1. The van der Waals surface area contributed by atoms with E-state index >= 15 is 0 Å². The van der Waals surface area contributed by atoms with Gasteiger partial charge in [-0.1, -0.05) is 24.3 Å². The molecule has 5 heteroatoms. The van der Waals surface area contributed by atoms with Crippen LogP contribution in [0.15, 0.2) is 72.4 Å². The lowest BCUT2D eigenvalue weighted by Crippen LogP contribution is -2.12. The number of amides is 1. The molecule has 0 radical (unpaired) electrons. The van der Waals surface area contributed by atoms with Crippen molar-refractivity contribution in [3.8, 4) is 5.69 Å². The highest BCUT2D eigenvalue weighted by atomic mass is 32.1. The SMILES string of the molecule is O=C(Nc1nccs1)c1cccc(-n2ccc3ccccc32)c1. The fourth-order valence-electron chi connectivity index (χ4n) is 2.56. The Balaban J connectivity index is 1.70. The van der Waals surface area contributed by atoms with Crippen molar-refractivity contribution in [1.82, 2.24) is 9.55 Å². The zero-order valence-corrected chi connectivity index (χ0v) is 13.0. The van der Waals surface area contributed by atoms with E-state index in [9.17, 15) is 4.79 Å². The van der Waals surface area contributed by atoms with E-state index in [4.69, 9.17) is 0 Å². The Morgan fingerprint density at radius 1 is 1.09 bits per heavy atom. The minimum atomic E-state index is -0.154. The van der Waals surface area contributed by atoms with Crippen LogP contribution in [0.4, 0.5) is 5.13 Å². The topological polar surface area (TPSA) is 46.9 Å². The van der Waals surface area contributed by atoms with Crippen molar-refractivity contribution in [2.75, 3.05) is 5.32 Å². The molecule has 0 aliphatic carbocycles. The van der Waals surface area contributed by atoms with Gasteiger partial charge in [0.25, 0.3) is 5.91 Å². The van der Waals surface area contributed by atoms with Crippen molar-refractivity contribution in [2.45, 2.75) is 0 Å². The Bertz CT molecular complexity index is 973. The molecule has 0 fully saturated rings. The molecule has 2 aromatic heterocycles. The first-order chi connectivity index (χ1) is 11.3. The van der Waals surface area contributed by atoms with Crippen molar-refractivity contribution in [3.63, 3.8) is 0 Å². The summed E-state index contributed by atoms with van der Waals surface area (Å²) in [5.41, 5.74) is 2.68. The van der Waals surface area contributed by atoms with Gasteiger partial charge in [-0.3, -0.25) is 10.1 Å². The van der Waals surface area contributed by atoms with Crippen LogP contribution in [0.2, 0.25) is 0 Å². The lowest BCUT2D eigenvalue weighted by atomic mass is 10.2. The molecule has 0 spiro atoms. The number of carbonyl (C=O) groups excluding carboxylic acids is 1. The number of rotatable bonds is 3. The Kier molecular flexibility index (Phi) is 3.40. The van der Waals surface area contributed by atoms with Gasteiger partial charge in [0.1, 0.15) is 0 Å². The fourth-order valence-corrected chi connectivity index (χ4v) is 3.08. The summed E-state index contributed by atoms with van der Waals surface area (Å²) in [5.74, 6) is -0.154. The van der Waals surface area contributed by atoms with Gasteiger partial charge in [0.05, 0.1) is 5.52 Å². The molecule has 0 saturated carbocycles. The zero-order valence-electron chi connectivity index (χ0n) is 12.1. The van der Waals surface area contributed by atoms with Gasteiger partial charge in [0.15, 0.2) is 5.13 Å². The molecule has 1 N–H and O–H groups in total. The molecule has 2 heterocycles. The highest BCUT2D eigenvalue weighted by Gasteiger charge is 2.09. The van der Waals surface area contributed by atoms with Crippen molar-refractivity contribution in [3.05, 3.63) is 77.9 Å². The third-order valence-electron chi connectivity index (χ3n) is 3.64. The molecule has 0 aliphatic rings. The molecular weight excluding hydrogens is 306 g/mol. The number of nitrogens with zero attached hydrogens (tertiary/aromatic N) is 2. The Hall–Kier alpha value is -2.92. The van der Waals surface area contributed by atoms with Gasteiger partial charge >= 0.3 is 0 Å². The molecule has 0 atom stereocenters. The van der Waals surface area contributed by atoms with Crippen LogP contribution >= 0.6 is 11.3 Å².